The molecule has 10 heteroatoms. The Hall–Kier alpha value is -1.58. The third kappa shape index (κ3) is 56.9. The Balaban J connectivity index is 3.93. The fourth-order valence-corrected chi connectivity index (χ4v) is 10.3. The third-order valence-corrected chi connectivity index (χ3v) is 15.6. The minimum absolute atomic E-state index is 0.0147. The second-order valence-corrected chi connectivity index (χ2v) is 24.7. The number of phosphoric ester groups is 1. The standard InChI is InChI=1S/C65H125N2O7P/c1-6-8-10-12-14-16-18-20-21-22-23-24-25-26-27-28-29-30-31-32-33-34-35-36-37-38-39-40-41-42-43-44-45-46-48-50-52-54-56-58-64(69)66-62(61-74-75(71,72)73-60-59-67(3,4)5)65(70)63(68)57-55-53-51-49-47-19-17-15-13-11-9-7-2/h15,17-18,20,22-23,49,51,62-63,65,68,70H,6-14,16,19,21,24-48,50,52-61H2,1-5H3,(H-,66,69,71,72)/p+1/b17-15+,20-18-,23-22-,51-49+. The summed E-state index contributed by atoms with van der Waals surface area (Å²) in [5.41, 5.74) is 0. The van der Waals surface area contributed by atoms with Crippen molar-refractivity contribution in [1.82, 2.24) is 5.32 Å². The first-order valence-electron chi connectivity index (χ1n) is 32.1. The first kappa shape index (κ1) is 73.4. The molecular formula is C65H126N2O7P+. The van der Waals surface area contributed by atoms with Crippen LogP contribution in [0.15, 0.2) is 48.6 Å². The van der Waals surface area contributed by atoms with Crippen LogP contribution in [0.2, 0.25) is 0 Å². The zero-order valence-electron chi connectivity index (χ0n) is 50.2. The van der Waals surface area contributed by atoms with Gasteiger partial charge in [0.2, 0.25) is 5.91 Å². The van der Waals surface area contributed by atoms with Gasteiger partial charge in [0.1, 0.15) is 19.3 Å². The molecule has 442 valence electrons. The molecule has 1 amide bonds. The van der Waals surface area contributed by atoms with Crippen LogP contribution < -0.4 is 5.32 Å². The highest BCUT2D eigenvalue weighted by molar-refractivity contribution is 7.47. The lowest BCUT2D eigenvalue weighted by Gasteiger charge is -2.28. The minimum atomic E-state index is -4.43. The highest BCUT2D eigenvalue weighted by atomic mass is 31.2. The summed E-state index contributed by atoms with van der Waals surface area (Å²) in [4.78, 5) is 23.3. The number of phosphoric acid groups is 1. The van der Waals surface area contributed by atoms with Crippen molar-refractivity contribution < 1.29 is 38.0 Å². The number of nitrogens with one attached hydrogen (secondary N) is 1. The Morgan fingerprint density at radius 3 is 1.21 bits per heavy atom. The highest BCUT2D eigenvalue weighted by Gasteiger charge is 2.32. The Kier molecular flexibility index (Phi) is 54.5. The van der Waals surface area contributed by atoms with Gasteiger partial charge < -0.3 is 24.9 Å². The second-order valence-electron chi connectivity index (χ2n) is 23.3. The number of nitrogens with zero attached hydrogens (tertiary/aromatic N) is 1. The number of amides is 1. The average Bonchev–Trinajstić information content (AvgIpc) is 3.37. The normalized spacial score (nSPS) is 14.5. The van der Waals surface area contributed by atoms with E-state index < -0.39 is 32.7 Å². The first-order valence-corrected chi connectivity index (χ1v) is 33.6. The lowest BCUT2D eigenvalue weighted by atomic mass is 10.0. The number of aliphatic hydroxyl groups excluding tert-OH is 2. The molecule has 0 aliphatic carbocycles. The van der Waals surface area contributed by atoms with Crippen LogP contribution in [-0.4, -0.2) is 84.6 Å². The molecule has 0 aromatic carbocycles. The van der Waals surface area contributed by atoms with E-state index in [0.717, 1.165) is 51.4 Å². The van der Waals surface area contributed by atoms with Crippen LogP contribution in [0.25, 0.3) is 0 Å². The summed E-state index contributed by atoms with van der Waals surface area (Å²) in [7, 11) is 1.42. The van der Waals surface area contributed by atoms with E-state index in [1.807, 2.05) is 21.1 Å². The molecule has 0 saturated heterocycles. The van der Waals surface area contributed by atoms with Gasteiger partial charge in [0.05, 0.1) is 39.9 Å². The summed E-state index contributed by atoms with van der Waals surface area (Å²) < 4.78 is 23.6. The van der Waals surface area contributed by atoms with Gasteiger partial charge in [-0.05, 0) is 83.5 Å². The minimum Gasteiger partial charge on any atom is -0.390 e. The number of carbonyl (C=O) groups is 1. The number of likely N-dealkylation sites (N-methyl/N-ethyl adjacent to an activating group) is 1. The molecule has 0 aromatic rings. The molecule has 0 bridgehead atoms. The molecule has 0 aliphatic rings. The van der Waals surface area contributed by atoms with Crippen molar-refractivity contribution in [2.45, 2.75) is 321 Å². The number of rotatable bonds is 59. The Morgan fingerprint density at radius 1 is 0.467 bits per heavy atom. The summed E-state index contributed by atoms with van der Waals surface area (Å²) in [6.07, 6.45) is 71.1. The van der Waals surface area contributed by atoms with Crippen molar-refractivity contribution in [3.63, 3.8) is 0 Å². The van der Waals surface area contributed by atoms with Gasteiger partial charge in [0.15, 0.2) is 0 Å². The van der Waals surface area contributed by atoms with Crippen LogP contribution in [-0.2, 0) is 18.4 Å². The average molecular weight is 1080 g/mol. The second kappa shape index (κ2) is 55.7. The fourth-order valence-electron chi connectivity index (χ4n) is 9.55. The highest BCUT2D eigenvalue weighted by Crippen LogP contribution is 2.43. The van der Waals surface area contributed by atoms with Gasteiger partial charge in [-0.25, -0.2) is 4.57 Å². The number of hydrogen-bond donors (Lipinski definition) is 4. The van der Waals surface area contributed by atoms with Crippen molar-refractivity contribution in [3.8, 4) is 0 Å². The van der Waals surface area contributed by atoms with Crippen LogP contribution in [0.1, 0.15) is 303 Å². The molecule has 75 heavy (non-hydrogen) atoms. The smallest absolute Gasteiger partial charge is 0.390 e. The number of allylic oxidation sites excluding steroid dienone is 8. The molecule has 0 fully saturated rings. The Labute approximate surface area is 465 Å². The van der Waals surface area contributed by atoms with Gasteiger partial charge in [-0.3, -0.25) is 13.8 Å². The number of quaternary nitrogens is 1. The number of aliphatic hydroxyl groups is 2. The van der Waals surface area contributed by atoms with Crippen molar-refractivity contribution in [3.05, 3.63) is 48.6 Å². The van der Waals surface area contributed by atoms with Crippen LogP contribution in [0.3, 0.4) is 0 Å². The van der Waals surface area contributed by atoms with Crippen LogP contribution in [0.5, 0.6) is 0 Å². The molecular weight excluding hydrogens is 952 g/mol. The van der Waals surface area contributed by atoms with E-state index in [9.17, 15) is 24.5 Å². The molecule has 4 unspecified atom stereocenters. The van der Waals surface area contributed by atoms with Crippen LogP contribution >= 0.6 is 7.82 Å². The largest absolute Gasteiger partial charge is 0.472 e. The van der Waals surface area contributed by atoms with E-state index in [2.05, 4.69) is 67.8 Å². The molecule has 0 saturated carbocycles. The molecule has 0 heterocycles. The number of hydrogen-bond acceptors (Lipinski definition) is 6. The lowest BCUT2D eigenvalue weighted by molar-refractivity contribution is -0.870. The third-order valence-electron chi connectivity index (χ3n) is 14.6. The zero-order chi connectivity index (χ0) is 55.0. The van der Waals surface area contributed by atoms with Crippen molar-refractivity contribution >= 4 is 13.7 Å². The summed E-state index contributed by atoms with van der Waals surface area (Å²) in [5, 5.41) is 24.8. The van der Waals surface area contributed by atoms with E-state index in [0.29, 0.717) is 23.9 Å². The quantitative estimate of drug-likeness (QED) is 0.0207. The van der Waals surface area contributed by atoms with Gasteiger partial charge in [-0.15, -0.1) is 0 Å². The Morgan fingerprint density at radius 2 is 0.800 bits per heavy atom. The molecule has 9 nitrogen and oxygen atoms in total. The predicted molar refractivity (Wildman–Crippen MR) is 324 cm³/mol. The maximum Gasteiger partial charge on any atom is 0.472 e. The molecule has 0 spiro atoms. The van der Waals surface area contributed by atoms with Gasteiger partial charge in [0.25, 0.3) is 0 Å². The summed E-state index contributed by atoms with van der Waals surface area (Å²) in [6, 6.07) is -1.06. The molecule has 0 rings (SSSR count). The van der Waals surface area contributed by atoms with E-state index in [1.165, 1.54) is 218 Å². The maximum absolute atomic E-state index is 13.0. The summed E-state index contributed by atoms with van der Waals surface area (Å²) >= 11 is 0. The predicted octanol–water partition coefficient (Wildman–Crippen LogP) is 18.9. The fraction of sp³-hybridized carbons (Fsp3) is 0.862. The maximum atomic E-state index is 13.0. The van der Waals surface area contributed by atoms with E-state index >= 15 is 0 Å². The Bertz CT molecular complexity index is 1380. The lowest BCUT2D eigenvalue weighted by Crippen LogP contribution is -2.51. The topological polar surface area (TPSA) is 125 Å². The summed E-state index contributed by atoms with van der Waals surface area (Å²) in [5.74, 6) is -0.268. The van der Waals surface area contributed by atoms with E-state index in [-0.39, 0.29) is 18.9 Å². The summed E-state index contributed by atoms with van der Waals surface area (Å²) in [6.45, 7) is 4.56. The molecule has 0 radical (unpaired) electrons. The molecule has 4 N–H and O–H groups in total. The van der Waals surface area contributed by atoms with Crippen molar-refractivity contribution in [1.29, 1.82) is 0 Å². The van der Waals surface area contributed by atoms with Crippen molar-refractivity contribution in [2.24, 2.45) is 0 Å². The SMILES string of the molecule is CCCCC/C=C/CC/C=C/CCCC(O)C(O)C(COP(=O)(O)OCC[N+](C)(C)C)NC(=O)CCCCCCCCCCCCCCCCCCCCCCCCCCCCC/C=C\C/C=C\CCCCCCC. The van der Waals surface area contributed by atoms with E-state index in [1.54, 1.807) is 0 Å². The van der Waals surface area contributed by atoms with Crippen LogP contribution in [0.4, 0.5) is 0 Å². The van der Waals surface area contributed by atoms with Gasteiger partial charge in [-0.2, -0.15) is 0 Å². The van der Waals surface area contributed by atoms with Gasteiger partial charge in [0, 0.05) is 6.42 Å². The van der Waals surface area contributed by atoms with Gasteiger partial charge >= 0.3 is 7.82 Å². The zero-order valence-corrected chi connectivity index (χ0v) is 51.1. The molecule has 0 aromatic heterocycles. The molecule has 4 atom stereocenters. The number of carbonyl (C=O) groups excluding carboxylic acids is 1. The van der Waals surface area contributed by atoms with Gasteiger partial charge in [-0.1, -0.05) is 262 Å². The van der Waals surface area contributed by atoms with Crippen LogP contribution in [0, 0.1) is 0 Å². The number of unbranched alkanes of at least 4 members (excludes halogenated alkanes) is 37. The van der Waals surface area contributed by atoms with E-state index in [4.69, 9.17) is 9.05 Å². The monoisotopic (exact) mass is 1080 g/mol. The van der Waals surface area contributed by atoms with Crippen molar-refractivity contribution in [2.75, 3.05) is 40.9 Å². The first-order chi connectivity index (χ1) is 36.4. The molecule has 0 aliphatic heterocycles.